The van der Waals surface area contributed by atoms with Crippen molar-refractivity contribution in [1.82, 2.24) is 19.4 Å². The van der Waals surface area contributed by atoms with E-state index in [0.29, 0.717) is 19.5 Å². The van der Waals surface area contributed by atoms with Crippen molar-refractivity contribution in [1.29, 1.82) is 0 Å². The van der Waals surface area contributed by atoms with Gasteiger partial charge in [-0.05, 0) is 42.7 Å². The zero-order valence-electron chi connectivity index (χ0n) is 18.8. The van der Waals surface area contributed by atoms with Crippen molar-refractivity contribution >= 4 is 22.8 Å². The molecule has 0 N–H and O–H groups in total. The summed E-state index contributed by atoms with van der Waals surface area (Å²) < 4.78 is 15.3. The Hall–Kier alpha value is -3.22. The van der Waals surface area contributed by atoms with E-state index >= 15 is 0 Å². The summed E-state index contributed by atoms with van der Waals surface area (Å²) in [5.41, 5.74) is 2.68. The molecule has 0 spiro atoms. The smallest absolute Gasteiger partial charge is 0.242 e. The number of fused-ring (bicyclic) bond motifs is 1. The average Bonchev–Trinajstić information content (AvgIpc) is 3.22. The van der Waals surface area contributed by atoms with Crippen LogP contribution in [-0.2, 0) is 22.7 Å². The third-order valence-corrected chi connectivity index (χ3v) is 6.80. The molecule has 3 heterocycles. The van der Waals surface area contributed by atoms with Crippen molar-refractivity contribution < 1.29 is 14.0 Å². The van der Waals surface area contributed by atoms with Gasteiger partial charge in [-0.3, -0.25) is 9.59 Å². The van der Waals surface area contributed by atoms with Crippen LogP contribution in [-0.4, -0.2) is 50.8 Å². The highest BCUT2D eigenvalue weighted by atomic mass is 19.1. The molecule has 2 saturated heterocycles. The molecule has 2 fully saturated rings. The first kappa shape index (κ1) is 21.6. The second-order valence-electron chi connectivity index (χ2n) is 9.14. The zero-order chi connectivity index (χ0) is 22.8. The van der Waals surface area contributed by atoms with Gasteiger partial charge < -0.3 is 14.4 Å². The minimum absolute atomic E-state index is 0.0572. The Kier molecular flexibility index (Phi) is 6.11. The molecule has 5 rings (SSSR count). The molecular formula is C26H29FN4O2. The van der Waals surface area contributed by atoms with Crippen LogP contribution < -0.4 is 0 Å². The highest BCUT2D eigenvalue weighted by Crippen LogP contribution is 2.31. The van der Waals surface area contributed by atoms with Gasteiger partial charge in [0.25, 0.3) is 0 Å². The number of likely N-dealkylation sites (tertiary alicyclic amines) is 2. The third-order valence-electron chi connectivity index (χ3n) is 6.80. The number of amides is 2. The van der Waals surface area contributed by atoms with E-state index in [2.05, 4.69) is 0 Å². The van der Waals surface area contributed by atoms with E-state index in [-0.39, 0.29) is 30.1 Å². The number of hydrogen-bond donors (Lipinski definition) is 0. The lowest BCUT2D eigenvalue weighted by molar-refractivity contribution is -0.131. The lowest BCUT2D eigenvalue weighted by Crippen LogP contribution is -2.35. The van der Waals surface area contributed by atoms with E-state index < -0.39 is 0 Å². The van der Waals surface area contributed by atoms with Crippen molar-refractivity contribution in [3.63, 3.8) is 0 Å². The van der Waals surface area contributed by atoms with Crippen molar-refractivity contribution in [3.05, 3.63) is 65.7 Å². The van der Waals surface area contributed by atoms with Crippen molar-refractivity contribution in [3.8, 4) is 0 Å². The maximum atomic E-state index is 13.2. The number of imidazole rings is 1. The first-order valence-corrected chi connectivity index (χ1v) is 11.8. The van der Waals surface area contributed by atoms with Gasteiger partial charge in [0.2, 0.25) is 11.8 Å². The standard InChI is InChI=1S/C26H29FN4O2/c27-21-11-9-19(10-12-21)16-30-17-20(15-24(30)32)26-28-22-7-3-4-8-23(22)31(26)18-25(33)29-13-5-1-2-6-14-29/h3-4,7-12,20H,1-2,5-6,13-18H2. The number of carbonyl (C=O) groups excluding carboxylic acids is 2. The minimum atomic E-state index is -0.285. The van der Waals surface area contributed by atoms with Gasteiger partial charge in [-0.2, -0.15) is 0 Å². The Morgan fingerprint density at radius 3 is 2.48 bits per heavy atom. The van der Waals surface area contributed by atoms with Crippen LogP contribution in [0.25, 0.3) is 11.0 Å². The maximum Gasteiger partial charge on any atom is 0.242 e. The molecule has 6 nitrogen and oxygen atoms in total. The SMILES string of the molecule is O=C(Cn1c(C2CC(=O)N(Cc3ccc(F)cc3)C2)nc2ccccc21)N1CCCCCC1. The van der Waals surface area contributed by atoms with E-state index in [9.17, 15) is 14.0 Å². The second kappa shape index (κ2) is 9.33. The van der Waals surface area contributed by atoms with Gasteiger partial charge in [-0.1, -0.05) is 37.1 Å². The molecule has 2 amide bonds. The van der Waals surface area contributed by atoms with Crippen LogP contribution in [0.1, 0.15) is 49.4 Å². The molecule has 2 aromatic carbocycles. The quantitative estimate of drug-likeness (QED) is 0.591. The van der Waals surface area contributed by atoms with E-state index in [4.69, 9.17) is 4.98 Å². The average molecular weight is 449 g/mol. The lowest BCUT2D eigenvalue weighted by Gasteiger charge is -2.22. The fourth-order valence-electron chi connectivity index (χ4n) is 5.04. The number of para-hydroxylation sites is 2. The summed E-state index contributed by atoms with van der Waals surface area (Å²) in [6, 6.07) is 14.1. The molecule has 0 bridgehead atoms. The Balaban J connectivity index is 1.39. The van der Waals surface area contributed by atoms with Gasteiger partial charge in [-0.25, -0.2) is 9.37 Å². The van der Waals surface area contributed by atoms with E-state index in [0.717, 1.165) is 48.4 Å². The van der Waals surface area contributed by atoms with Crippen molar-refractivity contribution in [2.24, 2.45) is 0 Å². The fourth-order valence-corrected chi connectivity index (χ4v) is 5.04. The van der Waals surface area contributed by atoms with Gasteiger partial charge in [0, 0.05) is 38.5 Å². The minimum Gasteiger partial charge on any atom is -0.341 e. The van der Waals surface area contributed by atoms with Crippen LogP contribution in [0.3, 0.4) is 0 Å². The number of hydrogen-bond acceptors (Lipinski definition) is 3. The number of benzene rings is 2. The molecule has 1 atom stereocenters. The van der Waals surface area contributed by atoms with Gasteiger partial charge in [-0.15, -0.1) is 0 Å². The number of aromatic nitrogens is 2. The molecule has 2 aliphatic rings. The summed E-state index contributed by atoms with van der Waals surface area (Å²) in [5, 5.41) is 0. The van der Waals surface area contributed by atoms with E-state index in [1.54, 1.807) is 17.0 Å². The molecule has 1 unspecified atom stereocenters. The monoisotopic (exact) mass is 448 g/mol. The second-order valence-corrected chi connectivity index (χ2v) is 9.14. The summed E-state index contributed by atoms with van der Waals surface area (Å²) in [4.78, 5) is 34.6. The molecule has 172 valence electrons. The summed E-state index contributed by atoms with van der Waals surface area (Å²) in [6.07, 6.45) is 4.83. The van der Waals surface area contributed by atoms with Crippen LogP contribution >= 0.6 is 0 Å². The summed E-state index contributed by atoms with van der Waals surface area (Å²) in [7, 11) is 0. The van der Waals surface area contributed by atoms with Crippen molar-refractivity contribution in [2.75, 3.05) is 19.6 Å². The Morgan fingerprint density at radius 2 is 1.73 bits per heavy atom. The number of rotatable bonds is 5. The molecule has 7 heteroatoms. The van der Waals surface area contributed by atoms with Gasteiger partial charge in [0.05, 0.1) is 11.0 Å². The third kappa shape index (κ3) is 4.63. The summed E-state index contributed by atoms with van der Waals surface area (Å²) in [6.45, 7) is 2.86. The normalized spacial score (nSPS) is 19.3. The zero-order valence-corrected chi connectivity index (χ0v) is 18.8. The number of carbonyl (C=O) groups is 2. The first-order valence-electron chi connectivity index (χ1n) is 11.8. The van der Waals surface area contributed by atoms with E-state index in [1.807, 2.05) is 33.7 Å². The Morgan fingerprint density at radius 1 is 1.00 bits per heavy atom. The van der Waals surface area contributed by atoms with Gasteiger partial charge in [0.15, 0.2) is 0 Å². The molecule has 2 aliphatic heterocycles. The largest absolute Gasteiger partial charge is 0.341 e. The molecule has 0 aliphatic carbocycles. The van der Waals surface area contributed by atoms with E-state index in [1.165, 1.54) is 25.0 Å². The Bertz CT molecular complexity index is 1150. The van der Waals surface area contributed by atoms with Crippen LogP contribution in [0.5, 0.6) is 0 Å². The van der Waals surface area contributed by atoms with Gasteiger partial charge in [0.1, 0.15) is 18.2 Å². The molecule has 3 aromatic rings. The number of halogens is 1. The fraction of sp³-hybridized carbons (Fsp3) is 0.423. The molecule has 1 aromatic heterocycles. The molecule has 0 radical (unpaired) electrons. The van der Waals surface area contributed by atoms with Crippen LogP contribution in [0, 0.1) is 5.82 Å². The highest BCUT2D eigenvalue weighted by Gasteiger charge is 2.34. The molecule has 0 saturated carbocycles. The molecule has 33 heavy (non-hydrogen) atoms. The lowest BCUT2D eigenvalue weighted by atomic mass is 10.1. The maximum absolute atomic E-state index is 13.2. The molecular weight excluding hydrogens is 419 g/mol. The predicted octanol–water partition coefficient (Wildman–Crippen LogP) is 4.09. The Labute approximate surface area is 193 Å². The number of nitrogens with zero attached hydrogens (tertiary/aromatic N) is 4. The van der Waals surface area contributed by atoms with Crippen LogP contribution in [0.4, 0.5) is 4.39 Å². The van der Waals surface area contributed by atoms with Crippen molar-refractivity contribution in [2.45, 2.75) is 51.1 Å². The van der Waals surface area contributed by atoms with Crippen LogP contribution in [0.15, 0.2) is 48.5 Å². The highest BCUT2D eigenvalue weighted by molar-refractivity contribution is 5.83. The van der Waals surface area contributed by atoms with Crippen LogP contribution in [0.2, 0.25) is 0 Å². The topological polar surface area (TPSA) is 58.4 Å². The summed E-state index contributed by atoms with van der Waals surface area (Å²) >= 11 is 0. The van der Waals surface area contributed by atoms with Gasteiger partial charge >= 0.3 is 0 Å². The summed E-state index contributed by atoms with van der Waals surface area (Å²) in [5.74, 6) is 0.611. The first-order chi connectivity index (χ1) is 16.1. The predicted molar refractivity (Wildman–Crippen MR) is 124 cm³/mol.